The fraction of sp³-hybridized carbons (Fsp3) is 0.917. The van der Waals surface area contributed by atoms with Crippen molar-refractivity contribution in [3.63, 3.8) is 0 Å². The first kappa shape index (κ1) is 13.0. The predicted molar refractivity (Wildman–Crippen MR) is 59.4 cm³/mol. The van der Waals surface area contributed by atoms with Gasteiger partial charge in [0.25, 0.3) is 0 Å². The van der Waals surface area contributed by atoms with Gasteiger partial charge in [-0.3, -0.25) is 4.79 Å². The Morgan fingerprint density at radius 2 is 1.29 bits per heavy atom. The largest absolute Gasteiger partial charge is 0.350 e. The highest BCUT2D eigenvalue weighted by atomic mass is 16.7. The van der Waals surface area contributed by atoms with Crippen LogP contribution in [0.25, 0.3) is 0 Å². The molecule has 0 aromatic rings. The summed E-state index contributed by atoms with van der Waals surface area (Å²) in [6, 6.07) is 0. The Morgan fingerprint density at radius 3 is 1.71 bits per heavy atom. The van der Waals surface area contributed by atoms with Crippen LogP contribution in [0.1, 0.15) is 27.7 Å². The number of Topliss-reactive ketones (excluding diaryl/α,β-unsaturated/α-hetero) is 1. The molecule has 2 fully saturated rings. The summed E-state index contributed by atoms with van der Waals surface area (Å²) in [7, 11) is 0. The summed E-state index contributed by atoms with van der Waals surface area (Å²) < 4.78 is 22.4. The van der Waals surface area contributed by atoms with E-state index in [0.29, 0.717) is 26.4 Å². The molecule has 0 aromatic carbocycles. The molecular weight excluding hydrogens is 224 g/mol. The van der Waals surface area contributed by atoms with E-state index in [1.54, 1.807) is 6.92 Å². The fourth-order valence-corrected chi connectivity index (χ4v) is 1.77. The van der Waals surface area contributed by atoms with Crippen LogP contribution in [0.4, 0.5) is 0 Å². The van der Waals surface area contributed by atoms with Crippen LogP contribution in [-0.2, 0) is 23.7 Å². The Morgan fingerprint density at radius 1 is 0.882 bits per heavy atom. The number of rotatable bonds is 1. The number of carbonyl (C=O) groups is 1. The van der Waals surface area contributed by atoms with Crippen LogP contribution in [0.2, 0.25) is 0 Å². The molecule has 0 unspecified atom stereocenters. The van der Waals surface area contributed by atoms with Gasteiger partial charge in [0.15, 0.2) is 11.6 Å². The summed E-state index contributed by atoms with van der Waals surface area (Å²) in [5, 5.41) is 0. The van der Waals surface area contributed by atoms with Crippen LogP contribution in [0.5, 0.6) is 0 Å². The van der Waals surface area contributed by atoms with E-state index in [-0.39, 0.29) is 11.2 Å². The van der Waals surface area contributed by atoms with Gasteiger partial charge in [-0.15, -0.1) is 0 Å². The molecule has 0 atom stereocenters. The molecule has 1 spiro atoms. The van der Waals surface area contributed by atoms with Gasteiger partial charge in [0.05, 0.1) is 31.8 Å². The van der Waals surface area contributed by atoms with Crippen LogP contribution in [0, 0.1) is 5.41 Å². The Labute approximate surface area is 101 Å². The molecule has 0 bridgehead atoms. The van der Waals surface area contributed by atoms with Gasteiger partial charge < -0.3 is 18.9 Å². The molecule has 0 saturated carbocycles. The molecule has 5 nitrogen and oxygen atoms in total. The molecule has 98 valence electrons. The minimum Gasteiger partial charge on any atom is -0.350 e. The molecule has 0 aliphatic carbocycles. The zero-order valence-corrected chi connectivity index (χ0v) is 10.9. The predicted octanol–water partition coefficient (Wildman–Crippen LogP) is 1.11. The quantitative estimate of drug-likeness (QED) is 0.691. The maximum Gasteiger partial charge on any atom is 0.225 e. The van der Waals surface area contributed by atoms with Crippen molar-refractivity contribution in [3.8, 4) is 0 Å². The Hall–Kier alpha value is -0.490. The summed E-state index contributed by atoms with van der Waals surface area (Å²) in [4.78, 5) is 11.4. The summed E-state index contributed by atoms with van der Waals surface area (Å²) in [5.41, 5.74) is -0.287. The maximum atomic E-state index is 11.4. The Kier molecular flexibility index (Phi) is 3.06. The van der Waals surface area contributed by atoms with Crippen LogP contribution in [0.3, 0.4) is 0 Å². The van der Waals surface area contributed by atoms with Crippen molar-refractivity contribution in [2.24, 2.45) is 5.41 Å². The molecule has 2 saturated heterocycles. The standard InChI is InChI=1S/C12H20O5/c1-9(13)11(4)16-7-12(8-17-11)5-14-10(2,3)15-6-12/h5-8H2,1-4H3. The first-order chi connectivity index (χ1) is 7.77. The summed E-state index contributed by atoms with van der Waals surface area (Å²) in [5.74, 6) is -1.78. The van der Waals surface area contributed by atoms with Gasteiger partial charge in [-0.25, -0.2) is 0 Å². The van der Waals surface area contributed by atoms with Gasteiger partial charge in [0.1, 0.15) is 0 Å². The Balaban J connectivity index is 1.97. The number of hydrogen-bond donors (Lipinski definition) is 0. The van der Waals surface area contributed by atoms with Crippen molar-refractivity contribution in [2.45, 2.75) is 39.3 Å². The molecule has 0 aromatic heterocycles. The molecule has 0 amide bonds. The van der Waals surface area contributed by atoms with Crippen LogP contribution >= 0.6 is 0 Å². The molecule has 2 aliphatic heterocycles. The molecule has 2 rings (SSSR count). The second kappa shape index (κ2) is 4.02. The van der Waals surface area contributed by atoms with Crippen LogP contribution in [-0.4, -0.2) is 43.8 Å². The molecule has 5 heteroatoms. The van der Waals surface area contributed by atoms with Crippen molar-refractivity contribution in [3.05, 3.63) is 0 Å². The number of carbonyl (C=O) groups excluding carboxylic acids is 1. The van der Waals surface area contributed by atoms with Gasteiger partial charge in [-0.2, -0.15) is 0 Å². The first-order valence-electron chi connectivity index (χ1n) is 5.84. The third-order valence-corrected chi connectivity index (χ3v) is 3.40. The van der Waals surface area contributed by atoms with E-state index >= 15 is 0 Å². The smallest absolute Gasteiger partial charge is 0.225 e. The van der Waals surface area contributed by atoms with Crippen molar-refractivity contribution in [1.29, 1.82) is 0 Å². The third-order valence-electron chi connectivity index (χ3n) is 3.40. The zero-order chi connectivity index (χ0) is 12.7. The molecule has 0 N–H and O–H groups in total. The minimum atomic E-state index is -1.11. The lowest BCUT2D eigenvalue weighted by molar-refractivity contribution is -0.346. The normalized spacial score (nSPS) is 30.1. The van der Waals surface area contributed by atoms with Crippen LogP contribution < -0.4 is 0 Å². The van der Waals surface area contributed by atoms with Crippen LogP contribution in [0.15, 0.2) is 0 Å². The Bertz CT molecular complexity index is 303. The van der Waals surface area contributed by atoms with Crippen molar-refractivity contribution < 1.29 is 23.7 Å². The summed E-state index contributed by atoms with van der Waals surface area (Å²) >= 11 is 0. The van der Waals surface area contributed by atoms with E-state index in [4.69, 9.17) is 18.9 Å². The number of ketones is 1. The van der Waals surface area contributed by atoms with Gasteiger partial charge in [0, 0.05) is 6.92 Å². The first-order valence-corrected chi connectivity index (χ1v) is 5.84. The molecule has 0 radical (unpaired) electrons. The molecule has 2 heterocycles. The molecule has 2 aliphatic rings. The van der Waals surface area contributed by atoms with Gasteiger partial charge in [-0.05, 0) is 20.8 Å². The maximum absolute atomic E-state index is 11.4. The van der Waals surface area contributed by atoms with Gasteiger partial charge >= 0.3 is 0 Å². The van der Waals surface area contributed by atoms with Crippen molar-refractivity contribution in [1.82, 2.24) is 0 Å². The van der Waals surface area contributed by atoms with Crippen molar-refractivity contribution >= 4 is 5.78 Å². The minimum absolute atomic E-state index is 0.120. The zero-order valence-electron chi connectivity index (χ0n) is 10.9. The van der Waals surface area contributed by atoms with E-state index < -0.39 is 11.6 Å². The highest BCUT2D eigenvalue weighted by Gasteiger charge is 2.48. The van der Waals surface area contributed by atoms with E-state index in [1.807, 2.05) is 13.8 Å². The highest BCUT2D eigenvalue weighted by molar-refractivity contribution is 5.83. The highest BCUT2D eigenvalue weighted by Crippen LogP contribution is 2.36. The molecular formula is C12H20O5. The lowest BCUT2D eigenvalue weighted by Gasteiger charge is -2.48. The number of ether oxygens (including phenoxy) is 4. The average molecular weight is 244 g/mol. The van der Waals surface area contributed by atoms with Gasteiger partial charge in [-0.1, -0.05) is 0 Å². The second-order valence-corrected chi connectivity index (χ2v) is 5.56. The number of hydrogen-bond acceptors (Lipinski definition) is 5. The van der Waals surface area contributed by atoms with E-state index in [0.717, 1.165) is 0 Å². The van der Waals surface area contributed by atoms with Crippen molar-refractivity contribution in [2.75, 3.05) is 26.4 Å². The lowest BCUT2D eigenvalue weighted by atomic mass is 9.89. The lowest BCUT2D eigenvalue weighted by Crippen LogP contribution is -2.58. The van der Waals surface area contributed by atoms with Gasteiger partial charge in [0.2, 0.25) is 5.79 Å². The summed E-state index contributed by atoms with van der Waals surface area (Å²) in [6.07, 6.45) is 0. The third kappa shape index (κ3) is 2.52. The monoisotopic (exact) mass is 244 g/mol. The fourth-order valence-electron chi connectivity index (χ4n) is 1.77. The average Bonchev–Trinajstić information content (AvgIpc) is 2.27. The second-order valence-electron chi connectivity index (χ2n) is 5.56. The topological polar surface area (TPSA) is 54.0 Å². The summed E-state index contributed by atoms with van der Waals surface area (Å²) in [6.45, 7) is 8.75. The van der Waals surface area contributed by atoms with E-state index in [1.165, 1.54) is 6.92 Å². The van der Waals surface area contributed by atoms with E-state index in [2.05, 4.69) is 0 Å². The SMILES string of the molecule is CC(=O)C1(C)OCC2(COC(C)(C)OC2)CO1. The molecule has 17 heavy (non-hydrogen) atoms. The van der Waals surface area contributed by atoms with E-state index in [9.17, 15) is 4.79 Å².